The largest absolute Gasteiger partial charge is 0.443 e. The molecule has 0 aliphatic rings. The number of hydrogen-bond donors (Lipinski definition) is 2. The summed E-state index contributed by atoms with van der Waals surface area (Å²) < 4.78 is 35.4. The van der Waals surface area contributed by atoms with E-state index in [9.17, 15) is 18.0 Å². The van der Waals surface area contributed by atoms with Gasteiger partial charge in [0.05, 0.1) is 22.5 Å². The molecule has 5 aromatic rings. The Morgan fingerprint density at radius 3 is 2.39 bits per heavy atom. The van der Waals surface area contributed by atoms with E-state index in [0.717, 1.165) is 5.56 Å². The molecule has 0 bridgehead atoms. The molecule has 0 aliphatic heterocycles. The number of rotatable bonds is 6. The lowest BCUT2D eigenvalue weighted by atomic mass is 10.1. The van der Waals surface area contributed by atoms with E-state index >= 15 is 0 Å². The highest BCUT2D eigenvalue weighted by Gasteiger charge is 2.23. The summed E-state index contributed by atoms with van der Waals surface area (Å²) in [5.74, 6) is -0.0411. The SMILES string of the molecule is Cc1ccc(-n2nc(-c3ccc(S(=O)(=O)NC(=O)OC(C)(C)C)cc3)cc2NC(=O)c2cnn3cccnc23)cc1. The number of nitrogens with zero attached hydrogens (tertiary/aromatic N) is 5. The molecule has 0 aliphatic carbocycles. The van der Waals surface area contributed by atoms with Crippen molar-refractivity contribution in [3.8, 4) is 16.9 Å². The van der Waals surface area contributed by atoms with Gasteiger partial charge < -0.3 is 10.1 Å². The summed E-state index contributed by atoms with van der Waals surface area (Å²) in [5, 5.41) is 11.8. The Kier molecular flexibility index (Phi) is 7.05. The number of carbonyl (C=O) groups excluding carboxylic acids is 2. The van der Waals surface area contributed by atoms with Crippen LogP contribution in [0.1, 0.15) is 36.7 Å². The summed E-state index contributed by atoms with van der Waals surface area (Å²) in [5.41, 5.74) is 2.66. The molecular weight excluding hydrogens is 546 g/mol. The van der Waals surface area contributed by atoms with E-state index in [0.29, 0.717) is 28.4 Å². The zero-order valence-electron chi connectivity index (χ0n) is 22.7. The second kappa shape index (κ2) is 10.5. The molecule has 41 heavy (non-hydrogen) atoms. The van der Waals surface area contributed by atoms with Crippen molar-refractivity contribution >= 4 is 33.5 Å². The molecule has 0 radical (unpaired) electrons. The lowest BCUT2D eigenvalue weighted by molar-refractivity contribution is 0.0570. The summed E-state index contributed by atoms with van der Waals surface area (Å²) in [6.07, 6.45) is 3.64. The van der Waals surface area contributed by atoms with Crippen LogP contribution in [0, 0.1) is 6.92 Å². The molecule has 5 rings (SSSR count). The Morgan fingerprint density at radius 1 is 1.00 bits per heavy atom. The zero-order chi connectivity index (χ0) is 29.4. The maximum atomic E-state index is 13.2. The molecule has 3 aromatic heterocycles. The highest BCUT2D eigenvalue weighted by molar-refractivity contribution is 7.90. The molecule has 12 nitrogen and oxygen atoms in total. The van der Waals surface area contributed by atoms with Crippen LogP contribution in [-0.4, -0.2) is 50.4 Å². The van der Waals surface area contributed by atoms with Gasteiger partial charge in [0.1, 0.15) is 17.0 Å². The Hall–Kier alpha value is -5.04. The van der Waals surface area contributed by atoms with E-state index in [2.05, 4.69) is 20.5 Å². The van der Waals surface area contributed by atoms with Crippen molar-refractivity contribution in [2.24, 2.45) is 0 Å². The number of amides is 2. The average molecular weight is 574 g/mol. The lowest BCUT2D eigenvalue weighted by Crippen LogP contribution is -2.36. The van der Waals surface area contributed by atoms with Gasteiger partial charge in [-0.3, -0.25) is 4.79 Å². The molecule has 2 aromatic carbocycles. The Labute approximate surface area is 236 Å². The second-order valence-electron chi connectivity index (χ2n) is 10.2. The number of fused-ring (bicyclic) bond motifs is 1. The Morgan fingerprint density at radius 2 is 1.71 bits per heavy atom. The second-order valence-corrected chi connectivity index (χ2v) is 11.9. The molecular formula is C28H27N7O5S. The van der Waals surface area contributed by atoms with Gasteiger partial charge in [0.2, 0.25) is 0 Å². The van der Waals surface area contributed by atoms with Crippen molar-refractivity contribution < 1.29 is 22.7 Å². The first-order valence-corrected chi connectivity index (χ1v) is 14.0. The van der Waals surface area contributed by atoms with Gasteiger partial charge in [-0.25, -0.2) is 32.1 Å². The van der Waals surface area contributed by atoms with Crippen molar-refractivity contribution in [1.29, 1.82) is 0 Å². The number of hydrogen-bond acceptors (Lipinski definition) is 8. The van der Waals surface area contributed by atoms with E-state index in [1.807, 2.05) is 35.9 Å². The first-order valence-electron chi connectivity index (χ1n) is 12.5. The minimum absolute atomic E-state index is 0.126. The molecule has 3 heterocycles. The third-order valence-electron chi connectivity index (χ3n) is 5.83. The molecule has 0 saturated heterocycles. The number of carbonyl (C=O) groups is 2. The van der Waals surface area contributed by atoms with Crippen molar-refractivity contribution in [2.75, 3.05) is 5.32 Å². The van der Waals surface area contributed by atoms with Crippen LogP contribution in [0.3, 0.4) is 0 Å². The van der Waals surface area contributed by atoms with Crippen molar-refractivity contribution in [3.05, 3.63) is 90.4 Å². The van der Waals surface area contributed by atoms with Crippen LogP contribution in [-0.2, 0) is 14.8 Å². The summed E-state index contributed by atoms with van der Waals surface area (Å²) in [6.45, 7) is 6.87. The molecule has 2 amide bonds. The fourth-order valence-corrected chi connectivity index (χ4v) is 4.81. The summed E-state index contributed by atoms with van der Waals surface area (Å²) in [6, 6.07) is 16.8. The number of aromatic nitrogens is 5. The fourth-order valence-electron chi connectivity index (χ4n) is 3.94. The summed E-state index contributed by atoms with van der Waals surface area (Å²) in [4.78, 5) is 29.4. The third kappa shape index (κ3) is 6.09. The smallest absolute Gasteiger partial charge is 0.421 e. The fraction of sp³-hybridized carbons (Fsp3) is 0.179. The Bertz CT molecular complexity index is 1850. The van der Waals surface area contributed by atoms with Crippen LogP contribution >= 0.6 is 0 Å². The topological polar surface area (TPSA) is 150 Å². The first kappa shape index (κ1) is 27.5. The molecule has 0 saturated carbocycles. The van der Waals surface area contributed by atoms with Gasteiger partial charge in [0.15, 0.2) is 5.65 Å². The summed E-state index contributed by atoms with van der Waals surface area (Å²) >= 11 is 0. The monoisotopic (exact) mass is 573 g/mol. The van der Waals surface area contributed by atoms with E-state index in [1.165, 1.54) is 22.8 Å². The van der Waals surface area contributed by atoms with Gasteiger partial charge in [-0.05, 0) is 58.0 Å². The normalized spacial score (nSPS) is 11.8. The van der Waals surface area contributed by atoms with Gasteiger partial charge in [-0.1, -0.05) is 29.8 Å². The minimum Gasteiger partial charge on any atom is -0.443 e. The van der Waals surface area contributed by atoms with Gasteiger partial charge in [-0.15, -0.1) is 0 Å². The predicted octanol–water partition coefficient (Wildman–Crippen LogP) is 4.36. The molecule has 13 heteroatoms. The van der Waals surface area contributed by atoms with Crippen molar-refractivity contribution in [3.63, 3.8) is 0 Å². The average Bonchev–Trinajstić information content (AvgIpc) is 3.52. The van der Waals surface area contributed by atoms with E-state index < -0.39 is 27.6 Å². The van der Waals surface area contributed by atoms with Crippen LogP contribution in [0.2, 0.25) is 0 Å². The highest BCUT2D eigenvalue weighted by Crippen LogP contribution is 2.27. The predicted molar refractivity (Wildman–Crippen MR) is 151 cm³/mol. The quantitative estimate of drug-likeness (QED) is 0.304. The first-order chi connectivity index (χ1) is 19.4. The molecule has 0 atom stereocenters. The molecule has 0 spiro atoms. The number of ether oxygens (including phenoxy) is 1. The van der Waals surface area contributed by atoms with Crippen LogP contribution in [0.25, 0.3) is 22.6 Å². The number of nitrogens with one attached hydrogen (secondary N) is 2. The van der Waals surface area contributed by atoms with Crippen LogP contribution < -0.4 is 10.0 Å². The molecule has 0 fully saturated rings. The van der Waals surface area contributed by atoms with Crippen LogP contribution in [0.15, 0.2) is 84.1 Å². The van der Waals surface area contributed by atoms with Gasteiger partial charge >= 0.3 is 6.09 Å². The minimum atomic E-state index is -4.16. The van der Waals surface area contributed by atoms with Crippen molar-refractivity contribution in [2.45, 2.75) is 38.2 Å². The number of aryl methyl sites for hydroxylation is 1. The van der Waals surface area contributed by atoms with Gasteiger partial charge in [0.25, 0.3) is 15.9 Å². The van der Waals surface area contributed by atoms with E-state index in [1.54, 1.807) is 62.1 Å². The highest BCUT2D eigenvalue weighted by atomic mass is 32.2. The number of anilines is 1. The maximum Gasteiger partial charge on any atom is 0.421 e. The lowest BCUT2D eigenvalue weighted by Gasteiger charge is -2.19. The molecule has 2 N–H and O–H groups in total. The van der Waals surface area contributed by atoms with Crippen molar-refractivity contribution in [1.82, 2.24) is 29.1 Å². The number of sulfonamides is 1. The summed E-state index contributed by atoms with van der Waals surface area (Å²) in [7, 11) is -4.16. The number of benzene rings is 2. The Balaban J connectivity index is 1.45. The maximum absolute atomic E-state index is 13.2. The van der Waals surface area contributed by atoms with E-state index in [4.69, 9.17) is 4.74 Å². The van der Waals surface area contributed by atoms with Gasteiger partial charge in [0, 0.05) is 24.0 Å². The van der Waals surface area contributed by atoms with Crippen LogP contribution in [0.4, 0.5) is 10.6 Å². The van der Waals surface area contributed by atoms with Gasteiger partial charge in [-0.2, -0.15) is 10.2 Å². The zero-order valence-corrected chi connectivity index (χ0v) is 23.5. The third-order valence-corrected chi connectivity index (χ3v) is 7.16. The van der Waals surface area contributed by atoms with Crippen LogP contribution in [0.5, 0.6) is 0 Å². The standard InChI is InChI=1S/C28H27N7O5S/c1-18-6-10-20(11-7-18)35-24(31-26(36)22-17-30-34-15-5-14-29-25(22)34)16-23(32-35)19-8-12-21(13-9-19)41(38,39)33-27(37)40-28(2,3)4/h5-17H,1-4H3,(H,31,36)(H,33,37). The molecule has 0 unspecified atom stereocenters. The molecule has 210 valence electrons. The van der Waals surface area contributed by atoms with E-state index in [-0.39, 0.29) is 10.5 Å².